The molecule has 0 aliphatic carbocycles. The minimum atomic E-state index is -0.480. The van der Waals surface area contributed by atoms with Crippen LogP contribution >= 0.6 is 11.6 Å². The first-order valence-electron chi connectivity index (χ1n) is 5.89. The van der Waals surface area contributed by atoms with E-state index >= 15 is 0 Å². The average molecular weight is 295 g/mol. The van der Waals surface area contributed by atoms with Gasteiger partial charge in [0.15, 0.2) is 0 Å². The number of rotatable bonds is 4. The van der Waals surface area contributed by atoms with Crippen LogP contribution in [0.4, 0.5) is 15.8 Å². The van der Waals surface area contributed by atoms with Crippen molar-refractivity contribution >= 4 is 23.0 Å². The summed E-state index contributed by atoms with van der Waals surface area (Å²) in [7, 11) is 0. The molecule has 0 amide bonds. The SMILES string of the molecule is Cc1cc(F)cc(NCc2cc([N+](=O)[O-])ccc2Cl)c1. The molecule has 20 heavy (non-hydrogen) atoms. The van der Waals surface area contributed by atoms with Crippen molar-refractivity contribution in [3.63, 3.8) is 0 Å². The second-order valence-corrected chi connectivity index (χ2v) is 4.81. The lowest BCUT2D eigenvalue weighted by Crippen LogP contribution is -2.01. The maximum atomic E-state index is 13.2. The molecular weight excluding hydrogens is 283 g/mol. The van der Waals surface area contributed by atoms with Crippen LogP contribution in [-0.4, -0.2) is 4.92 Å². The van der Waals surface area contributed by atoms with E-state index in [1.54, 1.807) is 13.0 Å². The number of nitro groups is 1. The first-order valence-corrected chi connectivity index (χ1v) is 6.27. The summed E-state index contributed by atoms with van der Waals surface area (Å²) in [5.41, 5.74) is 1.95. The quantitative estimate of drug-likeness (QED) is 0.675. The van der Waals surface area contributed by atoms with Crippen LogP contribution in [0, 0.1) is 22.9 Å². The summed E-state index contributed by atoms with van der Waals surface area (Å²) in [4.78, 5) is 10.2. The van der Waals surface area contributed by atoms with Crippen LogP contribution in [0.3, 0.4) is 0 Å². The van der Waals surface area contributed by atoms with Gasteiger partial charge in [-0.05, 0) is 42.3 Å². The molecule has 0 aromatic heterocycles. The molecular formula is C14H12ClFN2O2. The first-order chi connectivity index (χ1) is 9.45. The number of hydrogen-bond donors (Lipinski definition) is 1. The Morgan fingerprint density at radius 2 is 2.05 bits per heavy atom. The molecule has 2 aromatic carbocycles. The van der Waals surface area contributed by atoms with Gasteiger partial charge in [-0.1, -0.05) is 11.6 Å². The molecule has 4 nitrogen and oxygen atoms in total. The van der Waals surface area contributed by atoms with Crippen LogP contribution in [0.15, 0.2) is 36.4 Å². The van der Waals surface area contributed by atoms with Crippen LogP contribution in [-0.2, 0) is 6.54 Å². The fourth-order valence-corrected chi connectivity index (χ4v) is 2.03. The summed E-state index contributed by atoms with van der Waals surface area (Å²) in [5.74, 6) is -0.336. The molecule has 2 rings (SSSR count). The number of non-ortho nitro benzene ring substituents is 1. The predicted octanol–water partition coefficient (Wildman–Crippen LogP) is 4.31. The highest BCUT2D eigenvalue weighted by atomic mass is 35.5. The monoisotopic (exact) mass is 294 g/mol. The molecule has 6 heteroatoms. The zero-order valence-electron chi connectivity index (χ0n) is 10.7. The lowest BCUT2D eigenvalue weighted by atomic mass is 10.1. The van der Waals surface area contributed by atoms with Crippen LogP contribution in [0.5, 0.6) is 0 Å². The molecule has 0 aliphatic heterocycles. The molecule has 0 heterocycles. The minimum Gasteiger partial charge on any atom is -0.381 e. The fraction of sp³-hybridized carbons (Fsp3) is 0.143. The van der Waals surface area contributed by atoms with Gasteiger partial charge in [0, 0.05) is 29.4 Å². The highest BCUT2D eigenvalue weighted by Crippen LogP contribution is 2.23. The van der Waals surface area contributed by atoms with E-state index in [1.807, 2.05) is 0 Å². The molecule has 0 aliphatic rings. The number of aryl methyl sites for hydroxylation is 1. The van der Waals surface area contributed by atoms with Gasteiger partial charge in [-0.15, -0.1) is 0 Å². The Morgan fingerprint density at radius 1 is 1.30 bits per heavy atom. The zero-order chi connectivity index (χ0) is 14.7. The highest BCUT2D eigenvalue weighted by Gasteiger charge is 2.09. The number of anilines is 1. The van der Waals surface area contributed by atoms with Gasteiger partial charge in [0.25, 0.3) is 5.69 Å². The normalized spacial score (nSPS) is 10.3. The number of nitrogens with zero attached hydrogens (tertiary/aromatic N) is 1. The predicted molar refractivity (Wildman–Crippen MR) is 76.6 cm³/mol. The van der Waals surface area contributed by atoms with Crippen molar-refractivity contribution in [2.24, 2.45) is 0 Å². The molecule has 0 bridgehead atoms. The molecule has 0 spiro atoms. The Balaban J connectivity index is 2.18. The molecule has 1 N–H and O–H groups in total. The summed E-state index contributed by atoms with van der Waals surface area (Å²) >= 11 is 5.99. The van der Waals surface area contributed by atoms with Gasteiger partial charge in [-0.2, -0.15) is 0 Å². The number of hydrogen-bond acceptors (Lipinski definition) is 3. The van der Waals surface area contributed by atoms with E-state index < -0.39 is 4.92 Å². The van der Waals surface area contributed by atoms with Crippen molar-refractivity contribution in [2.75, 3.05) is 5.32 Å². The zero-order valence-corrected chi connectivity index (χ0v) is 11.4. The summed E-state index contributed by atoms with van der Waals surface area (Å²) in [6.07, 6.45) is 0. The summed E-state index contributed by atoms with van der Waals surface area (Å²) in [5, 5.41) is 14.2. The largest absolute Gasteiger partial charge is 0.381 e. The second-order valence-electron chi connectivity index (χ2n) is 4.40. The third kappa shape index (κ3) is 3.45. The lowest BCUT2D eigenvalue weighted by molar-refractivity contribution is -0.384. The van der Waals surface area contributed by atoms with Gasteiger partial charge in [0.05, 0.1) is 4.92 Å². The maximum absolute atomic E-state index is 13.2. The van der Waals surface area contributed by atoms with Gasteiger partial charge in [0.1, 0.15) is 5.82 Å². The van der Waals surface area contributed by atoms with Gasteiger partial charge < -0.3 is 5.32 Å². The standard InChI is InChI=1S/C14H12ClFN2O2/c1-9-4-11(16)7-12(5-9)17-8-10-6-13(18(19)20)2-3-14(10)15/h2-7,17H,8H2,1H3. The van der Waals surface area contributed by atoms with Crippen molar-refractivity contribution in [1.29, 1.82) is 0 Å². The van der Waals surface area contributed by atoms with Crippen LogP contribution in [0.1, 0.15) is 11.1 Å². The fourth-order valence-electron chi connectivity index (χ4n) is 1.85. The van der Waals surface area contributed by atoms with E-state index in [1.165, 1.54) is 30.3 Å². The van der Waals surface area contributed by atoms with Crippen LogP contribution in [0.25, 0.3) is 0 Å². The van der Waals surface area contributed by atoms with Crippen molar-refractivity contribution in [2.45, 2.75) is 13.5 Å². The van der Waals surface area contributed by atoms with E-state index in [4.69, 9.17) is 11.6 Å². The van der Waals surface area contributed by atoms with Gasteiger partial charge in [0.2, 0.25) is 0 Å². The van der Waals surface area contributed by atoms with Crippen molar-refractivity contribution in [1.82, 2.24) is 0 Å². The number of halogens is 2. The van der Waals surface area contributed by atoms with Crippen molar-refractivity contribution in [3.8, 4) is 0 Å². The molecule has 0 atom stereocenters. The Labute approximate surface area is 120 Å². The topological polar surface area (TPSA) is 55.2 Å². The smallest absolute Gasteiger partial charge is 0.269 e. The van der Waals surface area contributed by atoms with Gasteiger partial charge >= 0.3 is 0 Å². The molecule has 0 saturated heterocycles. The van der Waals surface area contributed by atoms with E-state index in [0.717, 1.165) is 5.56 Å². The van der Waals surface area contributed by atoms with Crippen LogP contribution in [0.2, 0.25) is 5.02 Å². The molecule has 2 aromatic rings. The van der Waals surface area contributed by atoms with E-state index in [2.05, 4.69) is 5.32 Å². The average Bonchev–Trinajstić information content (AvgIpc) is 2.36. The molecule has 104 valence electrons. The Kier molecular flexibility index (Phi) is 4.20. The summed E-state index contributed by atoms with van der Waals surface area (Å²) in [6, 6.07) is 8.80. The summed E-state index contributed by atoms with van der Waals surface area (Å²) in [6.45, 7) is 2.07. The third-order valence-electron chi connectivity index (χ3n) is 2.77. The summed E-state index contributed by atoms with van der Waals surface area (Å²) < 4.78 is 13.2. The highest BCUT2D eigenvalue weighted by molar-refractivity contribution is 6.31. The third-order valence-corrected chi connectivity index (χ3v) is 3.13. The molecule has 0 radical (unpaired) electrons. The number of benzene rings is 2. The lowest BCUT2D eigenvalue weighted by Gasteiger charge is -2.09. The van der Waals surface area contributed by atoms with E-state index in [9.17, 15) is 14.5 Å². The van der Waals surface area contributed by atoms with Gasteiger partial charge in [-0.3, -0.25) is 10.1 Å². The van der Waals surface area contributed by atoms with Gasteiger partial charge in [-0.25, -0.2) is 4.39 Å². The molecule has 0 fully saturated rings. The molecule has 0 unspecified atom stereocenters. The number of nitrogens with one attached hydrogen (secondary N) is 1. The maximum Gasteiger partial charge on any atom is 0.269 e. The number of nitro benzene ring substituents is 1. The van der Waals surface area contributed by atoms with E-state index in [-0.39, 0.29) is 18.0 Å². The molecule has 0 saturated carbocycles. The Bertz CT molecular complexity index is 641. The Morgan fingerprint density at radius 3 is 2.70 bits per heavy atom. The van der Waals surface area contributed by atoms with Crippen molar-refractivity contribution in [3.05, 3.63) is 68.5 Å². The van der Waals surface area contributed by atoms with Crippen molar-refractivity contribution < 1.29 is 9.31 Å². The second kappa shape index (κ2) is 5.88. The minimum absolute atomic E-state index is 0.0263. The Hall–Kier alpha value is -2.14. The van der Waals surface area contributed by atoms with Crippen LogP contribution < -0.4 is 5.32 Å². The first kappa shape index (κ1) is 14.3. The van der Waals surface area contributed by atoms with E-state index in [0.29, 0.717) is 16.3 Å².